The largest absolute Gasteiger partial charge is 0.370 e. The Labute approximate surface area is 144 Å². The summed E-state index contributed by atoms with van der Waals surface area (Å²) in [6.07, 6.45) is 0. The summed E-state index contributed by atoms with van der Waals surface area (Å²) in [7, 11) is 0. The Morgan fingerprint density at radius 1 is 1.08 bits per heavy atom. The zero-order chi connectivity index (χ0) is 16.9. The number of benzene rings is 2. The van der Waals surface area contributed by atoms with Crippen LogP contribution in [0.1, 0.15) is 0 Å². The number of nitrogens with one attached hydrogen (secondary N) is 2. The van der Waals surface area contributed by atoms with E-state index in [1.54, 1.807) is 53.4 Å². The summed E-state index contributed by atoms with van der Waals surface area (Å²) in [5.74, 6) is -0.0688. The van der Waals surface area contributed by atoms with Gasteiger partial charge in [-0.25, -0.2) is 4.79 Å². The Balaban J connectivity index is 1.61. The highest BCUT2D eigenvalue weighted by Crippen LogP contribution is 2.20. The number of amides is 3. The molecule has 24 heavy (non-hydrogen) atoms. The smallest absolute Gasteiger partial charge is 0.323 e. The van der Waals surface area contributed by atoms with Crippen molar-refractivity contribution in [3.8, 4) is 0 Å². The Morgan fingerprint density at radius 2 is 1.83 bits per heavy atom. The van der Waals surface area contributed by atoms with Crippen LogP contribution in [0.3, 0.4) is 0 Å². The number of hydrogen-bond donors (Lipinski definition) is 2. The van der Waals surface area contributed by atoms with Crippen molar-refractivity contribution in [1.29, 1.82) is 0 Å². The van der Waals surface area contributed by atoms with E-state index in [0.717, 1.165) is 5.69 Å². The lowest BCUT2D eigenvalue weighted by molar-refractivity contribution is -0.125. The van der Waals surface area contributed by atoms with Crippen molar-refractivity contribution >= 4 is 40.6 Å². The van der Waals surface area contributed by atoms with E-state index in [2.05, 4.69) is 10.6 Å². The first-order valence-electron chi connectivity index (χ1n) is 7.43. The van der Waals surface area contributed by atoms with Gasteiger partial charge in [-0.15, -0.1) is 0 Å². The third-order valence-electron chi connectivity index (χ3n) is 3.51. The van der Waals surface area contributed by atoms with E-state index < -0.39 is 0 Å². The summed E-state index contributed by atoms with van der Waals surface area (Å²) in [5, 5.41) is 5.98. The fourth-order valence-corrected chi connectivity index (χ4v) is 2.57. The molecule has 3 amide bonds. The van der Waals surface area contributed by atoms with Crippen LogP contribution in [0.4, 0.5) is 21.9 Å². The van der Waals surface area contributed by atoms with E-state index >= 15 is 0 Å². The van der Waals surface area contributed by atoms with Gasteiger partial charge in [-0.3, -0.25) is 4.79 Å². The lowest BCUT2D eigenvalue weighted by Gasteiger charge is -2.26. The van der Waals surface area contributed by atoms with Crippen molar-refractivity contribution < 1.29 is 14.3 Å². The van der Waals surface area contributed by atoms with Crippen molar-refractivity contribution in [3.63, 3.8) is 0 Å². The normalized spacial score (nSPS) is 14.4. The molecule has 0 atom stereocenters. The van der Waals surface area contributed by atoms with E-state index in [0.29, 0.717) is 29.5 Å². The molecule has 0 saturated carbocycles. The molecule has 0 unspecified atom stereocenters. The van der Waals surface area contributed by atoms with Crippen molar-refractivity contribution in [2.24, 2.45) is 0 Å². The lowest BCUT2D eigenvalue weighted by Crippen LogP contribution is -2.41. The molecule has 1 heterocycles. The number of halogens is 1. The van der Waals surface area contributed by atoms with Crippen LogP contribution in [-0.4, -0.2) is 31.7 Å². The van der Waals surface area contributed by atoms with Gasteiger partial charge in [-0.2, -0.15) is 0 Å². The van der Waals surface area contributed by atoms with Crippen molar-refractivity contribution in [3.05, 3.63) is 53.6 Å². The van der Waals surface area contributed by atoms with E-state index in [1.165, 1.54) is 0 Å². The van der Waals surface area contributed by atoms with Gasteiger partial charge in [0, 0.05) is 28.6 Å². The average Bonchev–Trinajstić information content (AvgIpc) is 2.56. The zero-order valence-corrected chi connectivity index (χ0v) is 13.5. The topological polar surface area (TPSA) is 70.7 Å². The predicted molar refractivity (Wildman–Crippen MR) is 93.7 cm³/mol. The number of rotatable bonds is 3. The van der Waals surface area contributed by atoms with E-state index in [1.807, 2.05) is 0 Å². The van der Waals surface area contributed by atoms with Crippen LogP contribution in [0, 0.1) is 0 Å². The maximum Gasteiger partial charge on any atom is 0.323 e. The number of morpholine rings is 1. The minimum absolute atomic E-state index is 0.0688. The Hall–Kier alpha value is -2.57. The minimum atomic E-state index is -0.368. The Bertz CT molecular complexity index is 749. The molecule has 7 heteroatoms. The highest BCUT2D eigenvalue weighted by Gasteiger charge is 2.19. The third-order valence-corrected chi connectivity index (χ3v) is 3.74. The summed E-state index contributed by atoms with van der Waals surface area (Å²) in [4.78, 5) is 25.4. The van der Waals surface area contributed by atoms with E-state index in [9.17, 15) is 9.59 Å². The van der Waals surface area contributed by atoms with Gasteiger partial charge in [0.2, 0.25) is 0 Å². The van der Waals surface area contributed by atoms with Crippen molar-refractivity contribution in [1.82, 2.24) is 0 Å². The maximum absolute atomic E-state index is 12.0. The summed E-state index contributed by atoms with van der Waals surface area (Å²) >= 11 is 5.88. The molecule has 6 nitrogen and oxygen atoms in total. The van der Waals surface area contributed by atoms with Gasteiger partial charge in [0.15, 0.2) is 0 Å². The summed E-state index contributed by atoms with van der Waals surface area (Å²) in [6.45, 7) is 1.15. The first-order chi connectivity index (χ1) is 11.6. The van der Waals surface area contributed by atoms with E-state index in [-0.39, 0.29) is 18.5 Å². The number of carbonyl (C=O) groups excluding carboxylic acids is 2. The second-order valence-corrected chi connectivity index (χ2v) is 5.67. The molecule has 1 saturated heterocycles. The molecule has 1 fully saturated rings. The van der Waals surface area contributed by atoms with Gasteiger partial charge < -0.3 is 20.3 Å². The Morgan fingerprint density at radius 3 is 2.54 bits per heavy atom. The monoisotopic (exact) mass is 345 g/mol. The van der Waals surface area contributed by atoms with Gasteiger partial charge in [0.05, 0.1) is 6.61 Å². The van der Waals surface area contributed by atoms with Gasteiger partial charge in [0.25, 0.3) is 5.91 Å². The summed E-state index contributed by atoms with van der Waals surface area (Å²) in [5.41, 5.74) is 2.01. The Kier molecular flexibility index (Phi) is 4.98. The predicted octanol–water partition coefficient (Wildman–Crippen LogP) is 3.35. The van der Waals surface area contributed by atoms with Crippen LogP contribution >= 0.6 is 11.6 Å². The third kappa shape index (κ3) is 4.04. The molecule has 1 aliphatic heterocycles. The molecule has 2 aromatic rings. The van der Waals surface area contributed by atoms with Crippen LogP contribution in [0.15, 0.2) is 48.5 Å². The average molecular weight is 346 g/mol. The first kappa shape index (κ1) is 16.3. The van der Waals surface area contributed by atoms with Crippen LogP contribution in [-0.2, 0) is 9.53 Å². The fraction of sp³-hybridized carbons (Fsp3) is 0.176. The standard InChI is InChI=1S/C17H16ClN3O3/c18-12-2-1-3-14(10-12)20-17(23)19-13-4-6-15(7-5-13)21-8-9-24-11-16(21)22/h1-7,10H,8-9,11H2,(H2,19,20,23). The highest BCUT2D eigenvalue weighted by molar-refractivity contribution is 6.30. The fourth-order valence-electron chi connectivity index (χ4n) is 2.38. The van der Waals surface area contributed by atoms with Crippen LogP contribution in [0.2, 0.25) is 5.02 Å². The van der Waals surface area contributed by atoms with Crippen LogP contribution in [0.25, 0.3) is 0 Å². The molecule has 0 aromatic heterocycles. The SMILES string of the molecule is O=C(Nc1ccc(N2CCOCC2=O)cc1)Nc1cccc(Cl)c1. The molecule has 1 aliphatic rings. The quantitative estimate of drug-likeness (QED) is 0.896. The van der Waals surface area contributed by atoms with Crippen molar-refractivity contribution in [2.45, 2.75) is 0 Å². The van der Waals surface area contributed by atoms with Gasteiger partial charge in [-0.1, -0.05) is 17.7 Å². The van der Waals surface area contributed by atoms with Crippen LogP contribution < -0.4 is 15.5 Å². The van der Waals surface area contributed by atoms with Gasteiger partial charge in [-0.05, 0) is 42.5 Å². The molecule has 3 rings (SSSR count). The van der Waals surface area contributed by atoms with E-state index in [4.69, 9.17) is 16.3 Å². The number of hydrogen-bond acceptors (Lipinski definition) is 3. The van der Waals surface area contributed by atoms with Crippen LogP contribution in [0.5, 0.6) is 0 Å². The van der Waals surface area contributed by atoms with Gasteiger partial charge in [0.1, 0.15) is 6.61 Å². The number of carbonyl (C=O) groups is 2. The molecule has 0 bridgehead atoms. The summed E-state index contributed by atoms with van der Waals surface area (Å²) < 4.78 is 5.11. The molecular weight excluding hydrogens is 330 g/mol. The molecule has 2 N–H and O–H groups in total. The molecule has 0 spiro atoms. The number of ether oxygens (including phenoxy) is 1. The second kappa shape index (κ2) is 7.33. The first-order valence-corrected chi connectivity index (χ1v) is 7.81. The van der Waals surface area contributed by atoms with Crippen molar-refractivity contribution in [2.75, 3.05) is 35.3 Å². The number of nitrogens with zero attached hydrogens (tertiary/aromatic N) is 1. The molecule has 0 aliphatic carbocycles. The molecular formula is C17H16ClN3O3. The van der Waals surface area contributed by atoms with Gasteiger partial charge >= 0.3 is 6.03 Å². The second-order valence-electron chi connectivity index (χ2n) is 5.23. The molecule has 124 valence electrons. The number of urea groups is 1. The lowest BCUT2D eigenvalue weighted by atomic mass is 10.2. The maximum atomic E-state index is 12.0. The number of anilines is 3. The molecule has 0 radical (unpaired) electrons. The minimum Gasteiger partial charge on any atom is -0.370 e. The summed E-state index contributed by atoms with van der Waals surface area (Å²) in [6, 6.07) is 13.6. The molecule has 2 aromatic carbocycles. The highest BCUT2D eigenvalue weighted by atomic mass is 35.5. The zero-order valence-electron chi connectivity index (χ0n) is 12.8.